The highest BCUT2D eigenvalue weighted by Gasteiger charge is 2.02. The van der Waals surface area contributed by atoms with Crippen molar-refractivity contribution in [1.82, 2.24) is 9.97 Å². The molecule has 0 fully saturated rings. The summed E-state index contributed by atoms with van der Waals surface area (Å²) in [5, 5.41) is 2.51. The van der Waals surface area contributed by atoms with Crippen LogP contribution in [0.5, 0.6) is 11.6 Å². The quantitative estimate of drug-likeness (QED) is 0.824. The van der Waals surface area contributed by atoms with E-state index < -0.39 is 0 Å². The maximum Gasteiger partial charge on any atom is 0.248 e. The standard InChI is InChI=1S/C15H15N3O3/c1-3-14(19)18-13-8-17-15(9-16-13)21-10-11-4-6-12(20-2)7-5-11/h3-9H,1,10H2,2H3,(H,16,18,19). The fourth-order valence-electron chi connectivity index (χ4n) is 1.51. The first-order chi connectivity index (χ1) is 10.2. The molecule has 6 nitrogen and oxygen atoms in total. The van der Waals surface area contributed by atoms with Crippen molar-refractivity contribution in [3.63, 3.8) is 0 Å². The van der Waals surface area contributed by atoms with Gasteiger partial charge in [0.25, 0.3) is 0 Å². The zero-order chi connectivity index (χ0) is 15.1. The minimum absolute atomic E-state index is 0.337. The lowest BCUT2D eigenvalue weighted by Gasteiger charge is -2.06. The van der Waals surface area contributed by atoms with Crippen molar-refractivity contribution >= 4 is 11.7 Å². The fraction of sp³-hybridized carbons (Fsp3) is 0.133. The number of carbonyl (C=O) groups is 1. The number of hydrogen-bond acceptors (Lipinski definition) is 5. The summed E-state index contributed by atoms with van der Waals surface area (Å²) in [7, 11) is 1.62. The van der Waals surface area contributed by atoms with E-state index in [2.05, 4.69) is 21.9 Å². The van der Waals surface area contributed by atoms with Crippen LogP contribution in [-0.4, -0.2) is 23.0 Å². The molecule has 21 heavy (non-hydrogen) atoms. The third kappa shape index (κ3) is 4.31. The lowest BCUT2D eigenvalue weighted by atomic mass is 10.2. The van der Waals surface area contributed by atoms with E-state index in [0.29, 0.717) is 18.3 Å². The predicted molar refractivity (Wildman–Crippen MR) is 78.2 cm³/mol. The zero-order valence-corrected chi connectivity index (χ0v) is 11.6. The number of amides is 1. The van der Waals surface area contributed by atoms with Crippen LogP contribution in [0.4, 0.5) is 5.82 Å². The van der Waals surface area contributed by atoms with Crippen LogP contribution in [0.25, 0.3) is 0 Å². The highest BCUT2D eigenvalue weighted by atomic mass is 16.5. The molecule has 6 heteroatoms. The Morgan fingerprint density at radius 1 is 1.29 bits per heavy atom. The number of hydrogen-bond donors (Lipinski definition) is 1. The van der Waals surface area contributed by atoms with E-state index in [-0.39, 0.29) is 5.91 Å². The van der Waals surface area contributed by atoms with E-state index in [4.69, 9.17) is 9.47 Å². The van der Waals surface area contributed by atoms with Crippen molar-refractivity contribution in [2.45, 2.75) is 6.61 Å². The maximum atomic E-state index is 11.1. The molecule has 2 rings (SSSR count). The van der Waals surface area contributed by atoms with Gasteiger partial charge in [0.2, 0.25) is 11.8 Å². The molecule has 2 aromatic rings. The smallest absolute Gasteiger partial charge is 0.248 e. The van der Waals surface area contributed by atoms with E-state index in [1.54, 1.807) is 7.11 Å². The topological polar surface area (TPSA) is 73.3 Å². The van der Waals surface area contributed by atoms with Crippen LogP contribution in [0.2, 0.25) is 0 Å². The molecule has 1 heterocycles. The lowest BCUT2D eigenvalue weighted by Crippen LogP contribution is -2.09. The van der Waals surface area contributed by atoms with Gasteiger partial charge in [-0.05, 0) is 23.8 Å². The number of methoxy groups -OCH3 is 1. The number of rotatable bonds is 6. The normalized spacial score (nSPS) is 9.76. The number of nitrogens with zero attached hydrogens (tertiary/aromatic N) is 2. The average Bonchev–Trinajstić information content (AvgIpc) is 2.54. The fourth-order valence-corrected chi connectivity index (χ4v) is 1.51. The Bertz CT molecular complexity index is 609. The van der Waals surface area contributed by atoms with Gasteiger partial charge in [0.05, 0.1) is 19.5 Å². The second kappa shape index (κ2) is 7.04. The Hall–Kier alpha value is -2.89. The lowest BCUT2D eigenvalue weighted by molar-refractivity contribution is -0.111. The van der Waals surface area contributed by atoms with Crippen LogP contribution in [0.3, 0.4) is 0 Å². The van der Waals surface area contributed by atoms with Crippen molar-refractivity contribution in [3.05, 3.63) is 54.9 Å². The molecule has 1 N–H and O–H groups in total. The van der Waals surface area contributed by atoms with Crippen LogP contribution >= 0.6 is 0 Å². The first kappa shape index (κ1) is 14.5. The van der Waals surface area contributed by atoms with E-state index in [9.17, 15) is 4.79 Å². The van der Waals surface area contributed by atoms with Gasteiger partial charge >= 0.3 is 0 Å². The molecule has 0 spiro atoms. The second-order valence-electron chi connectivity index (χ2n) is 4.07. The van der Waals surface area contributed by atoms with Gasteiger partial charge in [-0.2, -0.15) is 0 Å². The minimum Gasteiger partial charge on any atom is -0.497 e. The molecule has 0 bridgehead atoms. The van der Waals surface area contributed by atoms with E-state index >= 15 is 0 Å². The molecule has 0 saturated heterocycles. The number of aromatic nitrogens is 2. The summed E-state index contributed by atoms with van der Waals surface area (Å²) in [5.74, 6) is 1.18. The molecule has 0 aliphatic carbocycles. The van der Waals surface area contributed by atoms with Crippen LogP contribution < -0.4 is 14.8 Å². The van der Waals surface area contributed by atoms with E-state index in [1.807, 2.05) is 24.3 Å². The molecule has 0 unspecified atom stereocenters. The van der Waals surface area contributed by atoms with Gasteiger partial charge in [0.1, 0.15) is 12.4 Å². The largest absolute Gasteiger partial charge is 0.497 e. The van der Waals surface area contributed by atoms with Gasteiger partial charge < -0.3 is 14.8 Å². The van der Waals surface area contributed by atoms with Gasteiger partial charge in [-0.25, -0.2) is 9.97 Å². The summed E-state index contributed by atoms with van der Waals surface area (Å²) in [6.45, 7) is 3.73. The Morgan fingerprint density at radius 2 is 2.05 bits per heavy atom. The first-order valence-corrected chi connectivity index (χ1v) is 6.22. The molecule has 1 aromatic carbocycles. The monoisotopic (exact) mass is 285 g/mol. The Kier molecular flexibility index (Phi) is 4.87. The SMILES string of the molecule is C=CC(=O)Nc1cnc(OCc2ccc(OC)cc2)cn1. The number of carbonyl (C=O) groups excluding carboxylic acids is 1. The van der Waals surface area contributed by atoms with Crippen LogP contribution in [0, 0.1) is 0 Å². The van der Waals surface area contributed by atoms with Crippen molar-refractivity contribution in [2.75, 3.05) is 12.4 Å². The van der Waals surface area contributed by atoms with Crippen molar-refractivity contribution < 1.29 is 14.3 Å². The van der Waals surface area contributed by atoms with E-state index in [0.717, 1.165) is 17.4 Å². The Morgan fingerprint density at radius 3 is 2.62 bits per heavy atom. The van der Waals surface area contributed by atoms with Gasteiger partial charge in [-0.3, -0.25) is 4.79 Å². The average molecular weight is 285 g/mol. The minimum atomic E-state index is -0.337. The third-order valence-electron chi connectivity index (χ3n) is 2.61. The molecular weight excluding hydrogens is 270 g/mol. The number of benzene rings is 1. The van der Waals surface area contributed by atoms with Gasteiger partial charge in [-0.1, -0.05) is 18.7 Å². The summed E-state index contributed by atoms with van der Waals surface area (Å²) in [4.78, 5) is 19.2. The highest BCUT2D eigenvalue weighted by molar-refractivity contribution is 5.98. The van der Waals surface area contributed by atoms with Crippen molar-refractivity contribution in [2.24, 2.45) is 0 Å². The summed E-state index contributed by atoms with van der Waals surface area (Å²) >= 11 is 0. The second-order valence-corrected chi connectivity index (χ2v) is 4.07. The first-order valence-electron chi connectivity index (χ1n) is 6.22. The number of anilines is 1. The summed E-state index contributed by atoms with van der Waals surface area (Å²) in [6.07, 6.45) is 4.03. The van der Waals surface area contributed by atoms with Gasteiger partial charge in [0.15, 0.2) is 5.82 Å². The third-order valence-corrected chi connectivity index (χ3v) is 2.61. The van der Waals surface area contributed by atoms with Crippen molar-refractivity contribution in [1.29, 1.82) is 0 Å². The van der Waals surface area contributed by atoms with Crippen molar-refractivity contribution in [3.8, 4) is 11.6 Å². The molecule has 0 atom stereocenters. The van der Waals surface area contributed by atoms with Crippen LogP contribution in [-0.2, 0) is 11.4 Å². The molecule has 0 aliphatic heterocycles. The van der Waals surface area contributed by atoms with Crippen LogP contribution in [0.15, 0.2) is 49.3 Å². The summed E-state index contributed by atoms with van der Waals surface area (Å²) in [6, 6.07) is 7.53. The molecule has 0 aliphatic rings. The summed E-state index contributed by atoms with van der Waals surface area (Å²) in [5.41, 5.74) is 0.988. The van der Waals surface area contributed by atoms with E-state index in [1.165, 1.54) is 12.4 Å². The van der Waals surface area contributed by atoms with Gasteiger partial charge in [0, 0.05) is 0 Å². The maximum absolute atomic E-state index is 11.1. The molecule has 1 aromatic heterocycles. The number of nitrogens with one attached hydrogen (secondary N) is 1. The van der Waals surface area contributed by atoms with Gasteiger partial charge in [-0.15, -0.1) is 0 Å². The highest BCUT2D eigenvalue weighted by Crippen LogP contribution is 2.14. The molecule has 0 radical (unpaired) electrons. The van der Waals surface area contributed by atoms with Crippen LogP contribution in [0.1, 0.15) is 5.56 Å². The molecular formula is C15H15N3O3. The number of ether oxygens (including phenoxy) is 2. The predicted octanol–water partition coefficient (Wildman–Crippen LogP) is 2.19. The molecule has 108 valence electrons. The Balaban J connectivity index is 1.90. The molecule has 0 saturated carbocycles. The zero-order valence-electron chi connectivity index (χ0n) is 11.6. The summed E-state index contributed by atoms with van der Waals surface area (Å²) < 4.78 is 10.6. The molecule has 1 amide bonds. The Labute approximate surface area is 122 Å².